The molecular formula is C19H32BClO4Si. The van der Waals surface area contributed by atoms with Crippen molar-refractivity contribution in [1.29, 1.82) is 0 Å². The molecular weight excluding hydrogens is 367 g/mol. The van der Waals surface area contributed by atoms with Crippen molar-refractivity contribution < 1.29 is 18.8 Å². The van der Waals surface area contributed by atoms with E-state index in [-0.39, 0.29) is 18.0 Å². The Labute approximate surface area is 164 Å². The van der Waals surface area contributed by atoms with Crippen LogP contribution in [0.1, 0.15) is 33.3 Å². The minimum absolute atomic E-state index is 0.208. The molecule has 0 atom stereocenters. The number of rotatable bonds is 7. The van der Waals surface area contributed by atoms with Crippen LogP contribution in [-0.2, 0) is 14.0 Å². The summed E-state index contributed by atoms with van der Waals surface area (Å²) in [6.07, 6.45) is 0. The molecule has 1 aliphatic rings. The Hall–Kier alpha value is -0.528. The van der Waals surface area contributed by atoms with E-state index in [0.717, 1.165) is 23.7 Å². The SMILES string of the molecule is Cc1c(B2OC(C)(C)C(C)(C)O2)ccc(OCOCC[Si](C)(C)C)c1Cl. The molecule has 1 aromatic rings. The third-order valence-electron chi connectivity index (χ3n) is 5.19. The van der Waals surface area contributed by atoms with Crippen LogP contribution in [0.25, 0.3) is 0 Å². The molecule has 0 bridgehead atoms. The minimum atomic E-state index is -1.09. The summed E-state index contributed by atoms with van der Waals surface area (Å²) in [5.41, 5.74) is 1.08. The van der Waals surface area contributed by atoms with Gasteiger partial charge < -0.3 is 18.8 Å². The zero-order valence-corrected chi connectivity index (χ0v) is 19.1. The second-order valence-corrected chi connectivity index (χ2v) is 15.2. The van der Waals surface area contributed by atoms with Crippen molar-refractivity contribution in [1.82, 2.24) is 0 Å². The minimum Gasteiger partial charge on any atom is -0.466 e. The lowest BCUT2D eigenvalue weighted by atomic mass is 9.76. The van der Waals surface area contributed by atoms with Gasteiger partial charge in [0, 0.05) is 14.7 Å². The van der Waals surface area contributed by atoms with E-state index < -0.39 is 15.2 Å². The number of benzene rings is 1. The lowest BCUT2D eigenvalue weighted by molar-refractivity contribution is 0.00578. The second kappa shape index (κ2) is 7.84. The van der Waals surface area contributed by atoms with Crippen molar-refractivity contribution in [3.05, 3.63) is 22.7 Å². The Kier molecular flexibility index (Phi) is 6.56. The molecule has 0 radical (unpaired) electrons. The molecule has 4 nitrogen and oxygen atoms in total. The fraction of sp³-hybridized carbons (Fsp3) is 0.684. The fourth-order valence-electron chi connectivity index (χ4n) is 2.55. The largest absolute Gasteiger partial charge is 0.495 e. The summed E-state index contributed by atoms with van der Waals surface area (Å²) in [4.78, 5) is 0. The van der Waals surface area contributed by atoms with E-state index in [0.29, 0.717) is 10.8 Å². The van der Waals surface area contributed by atoms with Crippen LogP contribution in [0, 0.1) is 6.92 Å². The number of hydrogen-bond acceptors (Lipinski definition) is 4. The summed E-state index contributed by atoms with van der Waals surface area (Å²) < 4.78 is 23.6. The highest BCUT2D eigenvalue weighted by atomic mass is 35.5. The first-order chi connectivity index (χ1) is 11.8. The van der Waals surface area contributed by atoms with Gasteiger partial charge in [0.25, 0.3) is 0 Å². The fourth-order valence-corrected chi connectivity index (χ4v) is 3.54. The van der Waals surface area contributed by atoms with Gasteiger partial charge in [0.2, 0.25) is 0 Å². The van der Waals surface area contributed by atoms with E-state index >= 15 is 0 Å². The highest BCUT2D eigenvalue weighted by Gasteiger charge is 2.52. The summed E-state index contributed by atoms with van der Waals surface area (Å²) in [6, 6.07) is 4.93. The van der Waals surface area contributed by atoms with E-state index in [1.165, 1.54) is 0 Å². The van der Waals surface area contributed by atoms with Gasteiger partial charge in [-0.3, -0.25) is 0 Å². The molecule has 0 unspecified atom stereocenters. The number of halogens is 1. The molecule has 0 amide bonds. The number of hydrogen-bond donors (Lipinski definition) is 0. The van der Waals surface area contributed by atoms with Crippen molar-refractivity contribution in [3.8, 4) is 5.75 Å². The zero-order valence-electron chi connectivity index (χ0n) is 17.4. The normalized spacial score (nSPS) is 19.0. The molecule has 1 saturated heterocycles. The summed E-state index contributed by atoms with van der Waals surface area (Å²) in [5, 5.41) is 0.575. The van der Waals surface area contributed by atoms with Crippen LogP contribution in [0.3, 0.4) is 0 Å². The van der Waals surface area contributed by atoms with Crippen molar-refractivity contribution in [3.63, 3.8) is 0 Å². The highest BCUT2D eigenvalue weighted by Crippen LogP contribution is 2.37. The molecule has 1 fully saturated rings. The van der Waals surface area contributed by atoms with Gasteiger partial charge in [-0.15, -0.1) is 0 Å². The molecule has 1 aliphatic heterocycles. The summed E-state index contributed by atoms with van der Waals surface area (Å²) in [7, 11) is -1.52. The summed E-state index contributed by atoms with van der Waals surface area (Å²) in [5.74, 6) is 0.623. The molecule has 0 aromatic heterocycles. The zero-order chi connectivity index (χ0) is 19.8. The number of ether oxygens (including phenoxy) is 2. The Morgan fingerprint density at radius 3 is 2.19 bits per heavy atom. The van der Waals surface area contributed by atoms with Crippen LogP contribution in [-0.4, -0.2) is 39.8 Å². The Morgan fingerprint density at radius 1 is 1.08 bits per heavy atom. The van der Waals surface area contributed by atoms with Crippen LogP contribution >= 0.6 is 11.6 Å². The average molecular weight is 399 g/mol. The molecule has 0 spiro atoms. The van der Waals surface area contributed by atoms with Gasteiger partial charge >= 0.3 is 7.12 Å². The lowest BCUT2D eigenvalue weighted by Crippen LogP contribution is -2.41. The van der Waals surface area contributed by atoms with Crippen molar-refractivity contribution in [2.24, 2.45) is 0 Å². The van der Waals surface area contributed by atoms with Crippen molar-refractivity contribution in [2.75, 3.05) is 13.4 Å². The first-order valence-electron chi connectivity index (χ1n) is 9.19. The van der Waals surface area contributed by atoms with Crippen molar-refractivity contribution in [2.45, 2.75) is 71.5 Å². The summed E-state index contributed by atoms with van der Waals surface area (Å²) in [6.45, 7) is 18.0. The maximum atomic E-state index is 6.52. The maximum absolute atomic E-state index is 6.52. The molecule has 26 heavy (non-hydrogen) atoms. The third-order valence-corrected chi connectivity index (χ3v) is 7.37. The van der Waals surface area contributed by atoms with Crippen LogP contribution in [0.15, 0.2) is 12.1 Å². The van der Waals surface area contributed by atoms with Gasteiger partial charge in [-0.2, -0.15) is 0 Å². The molecule has 0 aliphatic carbocycles. The standard InChI is InChI=1S/C19H32BClO4Si/c1-14-15(20-24-18(2,3)19(4,5)25-20)9-10-16(17(14)21)23-13-22-11-12-26(6,7)8/h9-10H,11-13H2,1-8H3. The first kappa shape index (κ1) is 21.8. The van der Waals surface area contributed by atoms with E-state index in [2.05, 4.69) is 19.6 Å². The topological polar surface area (TPSA) is 36.9 Å². The van der Waals surface area contributed by atoms with Gasteiger partial charge in [-0.05, 0) is 57.8 Å². The van der Waals surface area contributed by atoms with Crippen molar-refractivity contribution >= 4 is 32.3 Å². The monoisotopic (exact) mass is 398 g/mol. The quantitative estimate of drug-likeness (QED) is 0.381. The predicted octanol–water partition coefficient (Wildman–Crippen LogP) is 4.64. The van der Waals surface area contributed by atoms with Gasteiger partial charge in [0.15, 0.2) is 6.79 Å². The van der Waals surface area contributed by atoms with Crippen LogP contribution in [0.2, 0.25) is 30.7 Å². The smallest absolute Gasteiger partial charge is 0.466 e. The molecule has 0 N–H and O–H groups in total. The van der Waals surface area contributed by atoms with Gasteiger partial charge in [-0.25, -0.2) is 0 Å². The molecule has 1 aromatic carbocycles. The van der Waals surface area contributed by atoms with E-state index in [4.69, 9.17) is 30.4 Å². The van der Waals surface area contributed by atoms with Gasteiger partial charge in [-0.1, -0.05) is 37.3 Å². The highest BCUT2D eigenvalue weighted by molar-refractivity contribution is 6.76. The maximum Gasteiger partial charge on any atom is 0.495 e. The average Bonchev–Trinajstić information content (AvgIpc) is 2.70. The molecule has 0 saturated carbocycles. The van der Waals surface area contributed by atoms with Crippen LogP contribution in [0.4, 0.5) is 0 Å². The van der Waals surface area contributed by atoms with Crippen LogP contribution < -0.4 is 10.2 Å². The molecule has 7 heteroatoms. The molecule has 1 heterocycles. The Balaban J connectivity index is 2.01. The Morgan fingerprint density at radius 2 is 1.65 bits per heavy atom. The van der Waals surface area contributed by atoms with E-state index in [1.807, 2.05) is 46.8 Å². The van der Waals surface area contributed by atoms with E-state index in [9.17, 15) is 0 Å². The van der Waals surface area contributed by atoms with Gasteiger partial charge in [0.1, 0.15) is 5.75 Å². The first-order valence-corrected chi connectivity index (χ1v) is 13.3. The van der Waals surface area contributed by atoms with E-state index in [1.54, 1.807) is 0 Å². The second-order valence-electron chi connectivity index (χ2n) is 9.16. The van der Waals surface area contributed by atoms with Crippen LogP contribution in [0.5, 0.6) is 5.75 Å². The lowest BCUT2D eigenvalue weighted by Gasteiger charge is -2.32. The molecule has 2 rings (SSSR count). The summed E-state index contributed by atoms with van der Waals surface area (Å²) >= 11 is 6.52. The predicted molar refractivity (Wildman–Crippen MR) is 112 cm³/mol. The third kappa shape index (κ3) is 5.04. The Bertz CT molecular complexity index is 627. The van der Waals surface area contributed by atoms with Gasteiger partial charge in [0.05, 0.1) is 16.2 Å². The molecule has 146 valence electrons.